The second-order valence-electron chi connectivity index (χ2n) is 5.17. The van der Waals surface area contributed by atoms with Crippen LogP contribution in [0.2, 0.25) is 0 Å². The fourth-order valence-corrected chi connectivity index (χ4v) is 4.21. The van der Waals surface area contributed by atoms with E-state index in [1.165, 1.54) is 44.3 Å². The van der Waals surface area contributed by atoms with Gasteiger partial charge in [-0.3, -0.25) is 0 Å². The molecule has 1 nitrogen and oxygen atoms in total. The van der Waals surface area contributed by atoms with Crippen molar-refractivity contribution in [3.8, 4) is 0 Å². The zero-order chi connectivity index (χ0) is 10.0. The van der Waals surface area contributed by atoms with E-state index in [2.05, 4.69) is 6.92 Å². The maximum absolute atomic E-state index is 10.2. The minimum atomic E-state index is -0.0573. The molecule has 82 valence electrons. The largest absolute Gasteiger partial charge is 0.392 e. The second kappa shape index (κ2) is 4.44. The Morgan fingerprint density at radius 3 is 2.64 bits per heavy atom. The second-order valence-corrected chi connectivity index (χ2v) is 6.80. The molecular weight excluding hydrogens is 192 g/mol. The van der Waals surface area contributed by atoms with E-state index in [0.29, 0.717) is 0 Å². The van der Waals surface area contributed by atoms with Crippen molar-refractivity contribution in [2.75, 3.05) is 5.75 Å². The highest BCUT2D eigenvalue weighted by Crippen LogP contribution is 2.43. The van der Waals surface area contributed by atoms with Crippen LogP contribution in [0.25, 0.3) is 0 Å². The highest BCUT2D eigenvalue weighted by molar-refractivity contribution is 8.00. The first-order valence-corrected chi connectivity index (χ1v) is 7.01. The van der Waals surface area contributed by atoms with Crippen LogP contribution in [0.1, 0.15) is 51.9 Å². The van der Waals surface area contributed by atoms with E-state index < -0.39 is 0 Å². The molecule has 0 bridgehead atoms. The minimum Gasteiger partial charge on any atom is -0.392 e. The summed E-state index contributed by atoms with van der Waals surface area (Å²) in [5.41, 5.74) is 0. The van der Waals surface area contributed by atoms with Crippen LogP contribution in [-0.2, 0) is 0 Å². The first-order valence-electron chi connectivity index (χ1n) is 6.03. The Bertz CT molecular complexity index is 181. The maximum atomic E-state index is 10.2. The molecule has 0 amide bonds. The summed E-state index contributed by atoms with van der Waals surface area (Å²) in [5, 5.41) is 10.2. The average Bonchev–Trinajstić information content (AvgIpc) is 2.76. The molecule has 0 aromatic heterocycles. The summed E-state index contributed by atoms with van der Waals surface area (Å²) >= 11 is 1.99. The predicted octanol–water partition coefficient (Wildman–Crippen LogP) is 3.21. The Morgan fingerprint density at radius 2 is 2.07 bits per heavy atom. The number of rotatable bonds is 3. The van der Waals surface area contributed by atoms with Crippen LogP contribution in [0.5, 0.6) is 0 Å². The Balaban J connectivity index is 1.84. The van der Waals surface area contributed by atoms with Gasteiger partial charge >= 0.3 is 0 Å². The minimum absolute atomic E-state index is 0.0573. The smallest absolute Gasteiger partial charge is 0.0686 e. The lowest BCUT2D eigenvalue weighted by molar-refractivity contribution is 0.106. The number of hydrogen-bond donors (Lipinski definition) is 1. The quantitative estimate of drug-likeness (QED) is 0.778. The fourth-order valence-electron chi connectivity index (χ4n) is 2.87. The number of aliphatic hydroxyl groups excluding tert-OH is 1. The molecule has 2 atom stereocenters. The molecule has 0 spiro atoms. The fraction of sp³-hybridized carbons (Fsp3) is 1.00. The first-order chi connectivity index (χ1) is 6.71. The van der Waals surface area contributed by atoms with E-state index in [1.807, 2.05) is 11.8 Å². The van der Waals surface area contributed by atoms with Crippen LogP contribution in [0, 0.1) is 5.92 Å². The Kier molecular flexibility index (Phi) is 3.43. The molecule has 1 heterocycles. The van der Waals surface area contributed by atoms with Crippen molar-refractivity contribution < 1.29 is 5.11 Å². The third-order valence-corrected chi connectivity index (χ3v) is 5.61. The molecule has 2 aliphatic rings. The van der Waals surface area contributed by atoms with E-state index >= 15 is 0 Å². The van der Waals surface area contributed by atoms with Crippen molar-refractivity contribution in [3.05, 3.63) is 0 Å². The molecule has 1 N–H and O–H groups in total. The van der Waals surface area contributed by atoms with Crippen LogP contribution < -0.4 is 0 Å². The van der Waals surface area contributed by atoms with Crippen LogP contribution in [0.3, 0.4) is 0 Å². The molecule has 1 aliphatic carbocycles. The lowest BCUT2D eigenvalue weighted by Gasteiger charge is -2.30. The van der Waals surface area contributed by atoms with E-state index in [4.69, 9.17) is 0 Å². The van der Waals surface area contributed by atoms with Crippen LogP contribution in [0.4, 0.5) is 0 Å². The van der Waals surface area contributed by atoms with Gasteiger partial charge in [-0.2, -0.15) is 11.8 Å². The number of hydrogen-bond acceptors (Lipinski definition) is 2. The Morgan fingerprint density at radius 1 is 1.36 bits per heavy atom. The predicted molar refractivity (Wildman–Crippen MR) is 62.7 cm³/mol. The van der Waals surface area contributed by atoms with Crippen LogP contribution in [-0.4, -0.2) is 21.7 Å². The SMILES string of the molecule is CC1(C(O)CC2CCCC2)CCCS1. The summed E-state index contributed by atoms with van der Waals surface area (Å²) in [7, 11) is 0. The summed E-state index contributed by atoms with van der Waals surface area (Å²) in [5.74, 6) is 2.07. The molecule has 0 aromatic rings. The van der Waals surface area contributed by atoms with Gasteiger partial charge in [-0.05, 0) is 37.9 Å². The van der Waals surface area contributed by atoms with Gasteiger partial charge in [0.2, 0.25) is 0 Å². The molecule has 2 rings (SSSR count). The number of aliphatic hydroxyl groups is 1. The topological polar surface area (TPSA) is 20.2 Å². The molecule has 1 saturated carbocycles. The Labute approximate surface area is 91.7 Å². The van der Waals surface area contributed by atoms with Gasteiger partial charge in [-0.15, -0.1) is 0 Å². The maximum Gasteiger partial charge on any atom is 0.0686 e. The van der Waals surface area contributed by atoms with Gasteiger partial charge in [0.1, 0.15) is 0 Å². The Hall–Kier alpha value is 0.310. The van der Waals surface area contributed by atoms with Crippen LogP contribution >= 0.6 is 11.8 Å². The third-order valence-electron chi connectivity index (χ3n) is 3.99. The average molecular weight is 214 g/mol. The van der Waals surface area contributed by atoms with Crippen LogP contribution in [0.15, 0.2) is 0 Å². The monoisotopic (exact) mass is 214 g/mol. The van der Waals surface area contributed by atoms with Crippen molar-refractivity contribution in [1.29, 1.82) is 0 Å². The molecule has 2 unspecified atom stereocenters. The summed E-state index contributed by atoms with van der Waals surface area (Å²) < 4.78 is 0.183. The van der Waals surface area contributed by atoms with Crippen molar-refractivity contribution in [3.63, 3.8) is 0 Å². The van der Waals surface area contributed by atoms with Gasteiger partial charge in [0.05, 0.1) is 6.10 Å². The standard InChI is InChI=1S/C12H22OS/c1-12(7-4-8-14-12)11(13)9-10-5-2-3-6-10/h10-11,13H,2-9H2,1H3. The molecule has 14 heavy (non-hydrogen) atoms. The van der Waals surface area contributed by atoms with Gasteiger partial charge in [0.25, 0.3) is 0 Å². The van der Waals surface area contributed by atoms with Gasteiger partial charge in [-0.1, -0.05) is 25.7 Å². The lowest BCUT2D eigenvalue weighted by Crippen LogP contribution is -2.34. The van der Waals surface area contributed by atoms with Gasteiger partial charge in [0.15, 0.2) is 0 Å². The van der Waals surface area contributed by atoms with Gasteiger partial charge in [0, 0.05) is 4.75 Å². The zero-order valence-electron chi connectivity index (χ0n) is 9.17. The molecule has 0 radical (unpaired) electrons. The summed E-state index contributed by atoms with van der Waals surface area (Å²) in [6.07, 6.45) is 9.01. The van der Waals surface area contributed by atoms with E-state index in [0.717, 1.165) is 12.3 Å². The van der Waals surface area contributed by atoms with Crippen molar-refractivity contribution in [2.45, 2.75) is 62.7 Å². The lowest BCUT2D eigenvalue weighted by atomic mass is 9.90. The molecule has 2 heteroatoms. The van der Waals surface area contributed by atoms with E-state index in [1.54, 1.807) is 0 Å². The summed E-state index contributed by atoms with van der Waals surface area (Å²) in [6, 6.07) is 0. The van der Waals surface area contributed by atoms with Gasteiger partial charge in [-0.25, -0.2) is 0 Å². The third kappa shape index (κ3) is 2.27. The molecule has 2 fully saturated rings. The molecule has 0 aromatic carbocycles. The number of thioether (sulfide) groups is 1. The van der Waals surface area contributed by atoms with Crippen molar-refractivity contribution in [1.82, 2.24) is 0 Å². The van der Waals surface area contributed by atoms with Crippen molar-refractivity contribution in [2.24, 2.45) is 5.92 Å². The zero-order valence-corrected chi connectivity index (χ0v) is 9.98. The summed E-state index contributed by atoms with van der Waals surface area (Å²) in [4.78, 5) is 0. The normalized spacial score (nSPS) is 36.4. The molecular formula is C12H22OS. The highest BCUT2D eigenvalue weighted by atomic mass is 32.2. The van der Waals surface area contributed by atoms with Gasteiger partial charge < -0.3 is 5.11 Å². The molecule has 1 aliphatic heterocycles. The summed E-state index contributed by atoms with van der Waals surface area (Å²) in [6.45, 7) is 2.25. The van der Waals surface area contributed by atoms with Crippen molar-refractivity contribution >= 4 is 11.8 Å². The van der Waals surface area contributed by atoms with E-state index in [-0.39, 0.29) is 10.9 Å². The first kappa shape index (κ1) is 10.8. The van der Waals surface area contributed by atoms with E-state index in [9.17, 15) is 5.11 Å². The highest BCUT2D eigenvalue weighted by Gasteiger charge is 2.38. The molecule has 1 saturated heterocycles.